The highest BCUT2D eigenvalue weighted by Gasteiger charge is 2.17. The molecule has 6 heteroatoms. The molecule has 1 aromatic rings. The molecule has 1 unspecified atom stereocenters. The van der Waals surface area contributed by atoms with Gasteiger partial charge in [0.25, 0.3) is 0 Å². The molecule has 0 spiro atoms. The van der Waals surface area contributed by atoms with Crippen LogP contribution >= 0.6 is 23.2 Å². The molecule has 0 fully saturated rings. The number of rotatable bonds is 4. The van der Waals surface area contributed by atoms with Crippen molar-refractivity contribution in [3.05, 3.63) is 33.6 Å². The van der Waals surface area contributed by atoms with E-state index in [9.17, 15) is 9.18 Å². The van der Waals surface area contributed by atoms with Gasteiger partial charge in [0.05, 0.1) is 18.7 Å². The highest BCUT2D eigenvalue weighted by atomic mass is 35.5. The summed E-state index contributed by atoms with van der Waals surface area (Å²) in [7, 11) is 1.29. The molecule has 17 heavy (non-hydrogen) atoms. The van der Waals surface area contributed by atoms with Crippen LogP contribution in [0.4, 0.5) is 4.39 Å². The molecule has 1 rings (SSSR count). The topological polar surface area (TPSA) is 38.3 Å². The first-order valence-electron chi connectivity index (χ1n) is 4.91. The summed E-state index contributed by atoms with van der Waals surface area (Å²) in [6.45, 7) is 1.73. The maximum Gasteiger partial charge on any atom is 0.319 e. The minimum atomic E-state index is -0.544. The van der Waals surface area contributed by atoms with E-state index in [1.54, 1.807) is 6.92 Å². The number of nitrogens with one attached hydrogen (secondary N) is 1. The highest BCUT2D eigenvalue weighted by Crippen LogP contribution is 2.32. The lowest BCUT2D eigenvalue weighted by molar-refractivity contribution is -0.139. The average Bonchev–Trinajstić information content (AvgIpc) is 2.31. The third kappa shape index (κ3) is 3.56. The summed E-state index contributed by atoms with van der Waals surface area (Å²) in [5.74, 6) is -0.960. The van der Waals surface area contributed by atoms with Crippen molar-refractivity contribution in [2.24, 2.45) is 0 Å². The van der Waals surface area contributed by atoms with Crippen LogP contribution < -0.4 is 5.32 Å². The summed E-state index contributed by atoms with van der Waals surface area (Å²) >= 11 is 11.8. The monoisotopic (exact) mass is 279 g/mol. The van der Waals surface area contributed by atoms with Crippen LogP contribution in [0.5, 0.6) is 0 Å². The van der Waals surface area contributed by atoms with Gasteiger partial charge in [0.15, 0.2) is 0 Å². The van der Waals surface area contributed by atoms with Crippen molar-refractivity contribution < 1.29 is 13.9 Å². The van der Waals surface area contributed by atoms with E-state index in [4.69, 9.17) is 23.2 Å². The van der Waals surface area contributed by atoms with Crippen molar-refractivity contribution >= 4 is 29.2 Å². The largest absolute Gasteiger partial charge is 0.468 e. The second-order valence-electron chi connectivity index (χ2n) is 3.44. The molecule has 3 nitrogen and oxygen atoms in total. The van der Waals surface area contributed by atoms with Crippen LogP contribution in [-0.2, 0) is 9.53 Å². The molecule has 0 saturated carbocycles. The van der Waals surface area contributed by atoms with E-state index < -0.39 is 11.8 Å². The van der Waals surface area contributed by atoms with Crippen LogP contribution in [0.3, 0.4) is 0 Å². The molecule has 1 atom stereocenters. The summed E-state index contributed by atoms with van der Waals surface area (Å²) in [5, 5.41) is 3.16. The molecule has 0 aliphatic rings. The molecule has 0 bridgehead atoms. The average molecular weight is 280 g/mol. The third-order valence-electron chi connectivity index (χ3n) is 2.29. The Morgan fingerprint density at radius 3 is 2.76 bits per heavy atom. The Kier molecular flexibility index (Phi) is 5.18. The van der Waals surface area contributed by atoms with Crippen molar-refractivity contribution in [3.63, 3.8) is 0 Å². The zero-order chi connectivity index (χ0) is 13.0. The molecule has 1 aromatic carbocycles. The van der Waals surface area contributed by atoms with Crippen LogP contribution in [0.2, 0.25) is 10.0 Å². The Balaban J connectivity index is 2.85. The zero-order valence-corrected chi connectivity index (χ0v) is 10.9. The molecule has 0 radical (unpaired) electrons. The Morgan fingerprint density at radius 2 is 2.18 bits per heavy atom. The smallest absolute Gasteiger partial charge is 0.319 e. The molecular weight excluding hydrogens is 268 g/mol. The van der Waals surface area contributed by atoms with Crippen molar-refractivity contribution in [1.29, 1.82) is 0 Å². The van der Waals surface area contributed by atoms with Crippen LogP contribution in [0.25, 0.3) is 0 Å². The number of carbonyl (C=O) groups is 1. The predicted molar refractivity (Wildman–Crippen MR) is 64.9 cm³/mol. The quantitative estimate of drug-likeness (QED) is 0.680. The van der Waals surface area contributed by atoms with E-state index in [-0.39, 0.29) is 17.6 Å². The Bertz CT molecular complexity index is 426. The van der Waals surface area contributed by atoms with Crippen LogP contribution in [0.1, 0.15) is 18.5 Å². The molecule has 0 aliphatic heterocycles. The molecule has 0 aliphatic carbocycles. The fraction of sp³-hybridized carbons (Fsp3) is 0.364. The van der Waals surface area contributed by atoms with E-state index in [1.165, 1.54) is 19.2 Å². The minimum absolute atomic E-state index is 0.000831. The fourth-order valence-electron chi connectivity index (χ4n) is 1.35. The van der Waals surface area contributed by atoms with Crippen molar-refractivity contribution in [2.45, 2.75) is 13.0 Å². The van der Waals surface area contributed by atoms with Gasteiger partial charge in [-0.2, -0.15) is 0 Å². The number of benzene rings is 1. The molecular formula is C11H12Cl2FNO2. The first-order chi connectivity index (χ1) is 7.97. The van der Waals surface area contributed by atoms with Gasteiger partial charge in [-0.05, 0) is 19.1 Å². The van der Waals surface area contributed by atoms with Crippen LogP contribution in [0, 0.1) is 5.82 Å². The number of esters is 1. The number of hydrogen-bond acceptors (Lipinski definition) is 3. The summed E-state index contributed by atoms with van der Waals surface area (Å²) in [6, 6.07) is 2.26. The number of methoxy groups -OCH3 is 1. The van der Waals surface area contributed by atoms with Gasteiger partial charge in [-0.3, -0.25) is 4.79 Å². The minimum Gasteiger partial charge on any atom is -0.468 e. The SMILES string of the molecule is COC(=O)CNC(C)c1c(Cl)ccc(F)c1Cl. The fourth-order valence-corrected chi connectivity index (χ4v) is 2.05. The first-order valence-corrected chi connectivity index (χ1v) is 5.66. The molecule has 1 N–H and O–H groups in total. The van der Waals surface area contributed by atoms with Gasteiger partial charge >= 0.3 is 5.97 Å². The third-order valence-corrected chi connectivity index (χ3v) is 3.01. The number of carbonyl (C=O) groups excluding carboxylic acids is 1. The van der Waals surface area contributed by atoms with E-state index in [2.05, 4.69) is 10.1 Å². The van der Waals surface area contributed by atoms with Gasteiger partial charge < -0.3 is 10.1 Å². The maximum atomic E-state index is 13.3. The standard InChI is InChI=1S/C11H12Cl2FNO2/c1-6(15-5-9(16)17-2)10-7(12)3-4-8(14)11(10)13/h3-4,6,15H,5H2,1-2H3. The van der Waals surface area contributed by atoms with Gasteiger partial charge in [-0.25, -0.2) is 4.39 Å². The summed E-state index contributed by atoms with van der Waals surface area (Å²) in [4.78, 5) is 11.0. The van der Waals surface area contributed by atoms with E-state index >= 15 is 0 Å². The first kappa shape index (κ1) is 14.2. The van der Waals surface area contributed by atoms with Crippen LogP contribution in [0.15, 0.2) is 12.1 Å². The normalized spacial score (nSPS) is 12.3. The second-order valence-corrected chi connectivity index (χ2v) is 4.22. The molecule has 0 amide bonds. The lowest BCUT2D eigenvalue weighted by atomic mass is 10.1. The predicted octanol–water partition coefficient (Wildman–Crippen LogP) is 2.96. The lowest BCUT2D eigenvalue weighted by Gasteiger charge is -2.16. The van der Waals surface area contributed by atoms with Gasteiger partial charge in [0.1, 0.15) is 5.82 Å². The van der Waals surface area contributed by atoms with Crippen molar-refractivity contribution in [2.75, 3.05) is 13.7 Å². The highest BCUT2D eigenvalue weighted by molar-refractivity contribution is 6.36. The van der Waals surface area contributed by atoms with Crippen molar-refractivity contribution in [3.8, 4) is 0 Å². The zero-order valence-electron chi connectivity index (χ0n) is 9.39. The maximum absolute atomic E-state index is 13.3. The van der Waals surface area contributed by atoms with E-state index in [1.807, 2.05) is 0 Å². The summed E-state index contributed by atoms with van der Waals surface area (Å²) in [5.41, 5.74) is 0.428. The van der Waals surface area contributed by atoms with E-state index in [0.29, 0.717) is 10.6 Å². The molecule has 94 valence electrons. The number of ether oxygens (including phenoxy) is 1. The molecule has 0 aromatic heterocycles. The van der Waals surface area contributed by atoms with Crippen molar-refractivity contribution in [1.82, 2.24) is 5.32 Å². The van der Waals surface area contributed by atoms with Gasteiger partial charge in [-0.15, -0.1) is 0 Å². The van der Waals surface area contributed by atoms with Crippen LogP contribution in [-0.4, -0.2) is 19.6 Å². The molecule has 0 heterocycles. The Labute approximate surface area is 109 Å². The van der Waals surface area contributed by atoms with Gasteiger partial charge in [0, 0.05) is 16.6 Å². The second kappa shape index (κ2) is 6.19. The Hall–Kier alpha value is -0.840. The van der Waals surface area contributed by atoms with E-state index in [0.717, 1.165) is 0 Å². The molecule has 0 saturated heterocycles. The Morgan fingerprint density at radius 1 is 1.53 bits per heavy atom. The summed E-state index contributed by atoms with van der Waals surface area (Å²) < 4.78 is 17.8. The van der Waals surface area contributed by atoms with Gasteiger partial charge in [0.2, 0.25) is 0 Å². The number of hydrogen-bond donors (Lipinski definition) is 1. The lowest BCUT2D eigenvalue weighted by Crippen LogP contribution is -2.27. The van der Waals surface area contributed by atoms with Gasteiger partial charge in [-0.1, -0.05) is 23.2 Å². The summed E-state index contributed by atoms with van der Waals surface area (Å²) in [6.07, 6.45) is 0. The number of halogens is 3.